The number of aliphatic hydroxyl groups excluding tert-OH is 1. The summed E-state index contributed by atoms with van der Waals surface area (Å²) in [5.41, 5.74) is 0. The lowest BCUT2D eigenvalue weighted by Crippen LogP contribution is -2.48. The van der Waals surface area contributed by atoms with E-state index in [9.17, 15) is 26.7 Å². The van der Waals surface area contributed by atoms with Crippen molar-refractivity contribution in [2.45, 2.75) is 17.0 Å². The summed E-state index contributed by atoms with van der Waals surface area (Å²) >= 11 is 0. The summed E-state index contributed by atoms with van der Waals surface area (Å²) < 4.78 is 60.1. The normalized spacial score (nSPS) is 22.3. The Morgan fingerprint density at radius 3 is 2.38 bits per heavy atom. The molecular weight excluding hydrogens is 390 g/mol. The maximum Gasteiger partial charge on any atom is 0.318 e. The number of aliphatic carboxylic acids is 1. The van der Waals surface area contributed by atoms with Crippen LogP contribution in [0.15, 0.2) is 23.1 Å². The molecule has 1 aromatic rings. The van der Waals surface area contributed by atoms with Gasteiger partial charge in [-0.25, -0.2) is 16.8 Å². The van der Waals surface area contributed by atoms with E-state index in [4.69, 9.17) is 14.6 Å². The molecule has 12 heteroatoms. The number of carboxylic acids is 1. The Morgan fingerprint density at radius 1 is 1.27 bits per heavy atom. The van der Waals surface area contributed by atoms with Crippen LogP contribution in [0.3, 0.4) is 0 Å². The van der Waals surface area contributed by atoms with E-state index in [1.165, 1.54) is 26.4 Å². The van der Waals surface area contributed by atoms with Crippen molar-refractivity contribution in [2.24, 2.45) is 0 Å². The third-order valence-corrected chi connectivity index (χ3v) is 7.52. The minimum atomic E-state index is -4.48. The Hall–Kier alpha value is -1.89. The molecule has 1 aliphatic heterocycles. The lowest BCUT2D eigenvalue weighted by Gasteiger charge is -2.28. The van der Waals surface area contributed by atoms with Gasteiger partial charge in [0.1, 0.15) is 22.9 Å². The maximum absolute atomic E-state index is 13.0. The number of methoxy groups -OCH3 is 2. The van der Waals surface area contributed by atoms with Crippen LogP contribution in [0.1, 0.15) is 0 Å². The van der Waals surface area contributed by atoms with Gasteiger partial charge in [-0.15, -0.1) is 0 Å². The lowest BCUT2D eigenvalue weighted by atomic mass is 10.2. The number of carbonyl (C=O) groups is 1. The minimum Gasteiger partial charge on any atom is -0.497 e. The molecule has 146 valence electrons. The van der Waals surface area contributed by atoms with Crippen molar-refractivity contribution in [2.75, 3.05) is 32.3 Å². The standard InChI is InChI=1S/C14H19NO9S2/c1-23-9-3-4-13(12(5-9)24-2)26(21,22)15(6-14(17)18)10-7-25(19,20)8-11(10)16/h3-5,10-11,16H,6-8H2,1-2H3,(H,17,18)/t10-,11+/m0/s1. The molecule has 10 nitrogen and oxygen atoms in total. The molecule has 0 aromatic heterocycles. The van der Waals surface area contributed by atoms with Crippen molar-refractivity contribution < 1.29 is 41.3 Å². The highest BCUT2D eigenvalue weighted by Gasteiger charge is 2.46. The Balaban J connectivity index is 2.55. The quantitative estimate of drug-likeness (QED) is 0.575. The SMILES string of the molecule is COc1ccc(S(=O)(=O)N(CC(=O)O)[C@H]2CS(=O)(=O)C[C@H]2O)c(OC)c1. The molecule has 1 aromatic carbocycles. The second kappa shape index (κ2) is 7.39. The summed E-state index contributed by atoms with van der Waals surface area (Å²) in [7, 11) is -5.58. The average Bonchev–Trinajstić information content (AvgIpc) is 2.83. The van der Waals surface area contributed by atoms with Gasteiger partial charge in [0, 0.05) is 6.07 Å². The number of hydrogen-bond acceptors (Lipinski definition) is 8. The summed E-state index contributed by atoms with van der Waals surface area (Å²) in [5, 5.41) is 19.1. The van der Waals surface area contributed by atoms with Gasteiger partial charge in [-0.2, -0.15) is 4.31 Å². The van der Waals surface area contributed by atoms with Crippen LogP contribution in [0.2, 0.25) is 0 Å². The third-order valence-electron chi connectivity index (χ3n) is 3.91. The van der Waals surface area contributed by atoms with Gasteiger partial charge in [-0.05, 0) is 12.1 Å². The highest BCUT2D eigenvalue weighted by Crippen LogP contribution is 2.33. The Bertz CT molecular complexity index is 895. The van der Waals surface area contributed by atoms with Gasteiger partial charge in [0.05, 0.1) is 37.9 Å². The fourth-order valence-electron chi connectivity index (χ4n) is 2.71. The lowest BCUT2D eigenvalue weighted by molar-refractivity contribution is -0.137. The van der Waals surface area contributed by atoms with E-state index in [2.05, 4.69) is 0 Å². The third kappa shape index (κ3) is 4.09. The molecule has 1 saturated heterocycles. The molecule has 0 radical (unpaired) electrons. The van der Waals surface area contributed by atoms with Crippen molar-refractivity contribution in [3.8, 4) is 11.5 Å². The zero-order valence-electron chi connectivity index (χ0n) is 14.0. The van der Waals surface area contributed by atoms with E-state index in [-0.39, 0.29) is 10.6 Å². The van der Waals surface area contributed by atoms with Gasteiger partial charge < -0.3 is 19.7 Å². The summed E-state index contributed by atoms with van der Waals surface area (Å²) in [5.74, 6) is -2.58. The van der Waals surface area contributed by atoms with Gasteiger partial charge in [0.15, 0.2) is 9.84 Å². The molecule has 0 spiro atoms. The molecule has 1 aliphatic rings. The molecule has 0 amide bonds. The molecule has 0 aliphatic carbocycles. The van der Waals surface area contributed by atoms with Crippen molar-refractivity contribution in [1.29, 1.82) is 0 Å². The molecule has 2 N–H and O–H groups in total. The van der Waals surface area contributed by atoms with Crippen LogP contribution in [0.25, 0.3) is 0 Å². The van der Waals surface area contributed by atoms with Crippen LogP contribution in [-0.4, -0.2) is 81.7 Å². The van der Waals surface area contributed by atoms with Crippen molar-refractivity contribution in [1.82, 2.24) is 4.31 Å². The van der Waals surface area contributed by atoms with Crippen LogP contribution in [0, 0.1) is 0 Å². The summed E-state index contributed by atoms with van der Waals surface area (Å²) in [6.45, 7) is -1.01. The largest absolute Gasteiger partial charge is 0.497 e. The first kappa shape index (κ1) is 20.4. The van der Waals surface area contributed by atoms with E-state index in [1.807, 2.05) is 0 Å². The maximum atomic E-state index is 13.0. The molecule has 1 heterocycles. The smallest absolute Gasteiger partial charge is 0.318 e. The number of sulfone groups is 1. The van der Waals surface area contributed by atoms with E-state index in [0.717, 1.165) is 6.07 Å². The molecule has 1 fully saturated rings. The molecule has 2 atom stereocenters. The molecule has 0 saturated carbocycles. The number of ether oxygens (including phenoxy) is 2. The average molecular weight is 409 g/mol. The van der Waals surface area contributed by atoms with Crippen LogP contribution in [0.4, 0.5) is 0 Å². The number of benzene rings is 1. The minimum absolute atomic E-state index is 0.102. The zero-order valence-corrected chi connectivity index (χ0v) is 15.7. The molecule has 0 unspecified atom stereocenters. The highest BCUT2D eigenvalue weighted by atomic mass is 32.2. The van der Waals surface area contributed by atoms with Crippen LogP contribution in [0.5, 0.6) is 11.5 Å². The molecule has 26 heavy (non-hydrogen) atoms. The van der Waals surface area contributed by atoms with Gasteiger partial charge in [-0.1, -0.05) is 0 Å². The molecule has 2 rings (SSSR count). The monoisotopic (exact) mass is 409 g/mol. The number of rotatable bonds is 7. The first-order valence-electron chi connectivity index (χ1n) is 7.36. The molecule has 0 bridgehead atoms. The number of aliphatic hydroxyl groups is 1. The fraction of sp³-hybridized carbons (Fsp3) is 0.500. The number of nitrogens with zero attached hydrogens (tertiary/aromatic N) is 1. The predicted molar refractivity (Wildman–Crippen MR) is 89.5 cm³/mol. The first-order valence-corrected chi connectivity index (χ1v) is 10.6. The summed E-state index contributed by atoms with van der Waals surface area (Å²) in [4.78, 5) is 10.8. The van der Waals surface area contributed by atoms with E-state index in [1.54, 1.807) is 0 Å². The Kier molecular flexibility index (Phi) is 5.80. The van der Waals surface area contributed by atoms with Gasteiger partial charge in [-0.3, -0.25) is 4.79 Å². The summed E-state index contributed by atoms with van der Waals surface area (Å²) in [6.07, 6.45) is -1.53. The second-order valence-electron chi connectivity index (χ2n) is 5.67. The topological polar surface area (TPSA) is 148 Å². The highest BCUT2D eigenvalue weighted by molar-refractivity contribution is 7.92. The van der Waals surface area contributed by atoms with Crippen LogP contribution < -0.4 is 9.47 Å². The van der Waals surface area contributed by atoms with Crippen molar-refractivity contribution in [3.05, 3.63) is 18.2 Å². The fourth-order valence-corrected chi connectivity index (χ4v) is 6.35. The Morgan fingerprint density at radius 2 is 1.92 bits per heavy atom. The zero-order chi connectivity index (χ0) is 19.7. The summed E-state index contributed by atoms with van der Waals surface area (Å²) in [6, 6.07) is 2.40. The van der Waals surface area contributed by atoms with Crippen molar-refractivity contribution in [3.63, 3.8) is 0 Å². The first-order chi connectivity index (χ1) is 12.0. The van der Waals surface area contributed by atoms with E-state index >= 15 is 0 Å². The van der Waals surface area contributed by atoms with Gasteiger partial charge in [0.25, 0.3) is 0 Å². The van der Waals surface area contributed by atoms with E-state index in [0.29, 0.717) is 10.1 Å². The number of sulfonamides is 1. The van der Waals surface area contributed by atoms with Gasteiger partial charge >= 0.3 is 5.97 Å². The number of hydrogen-bond donors (Lipinski definition) is 2. The van der Waals surface area contributed by atoms with Crippen LogP contribution in [-0.2, 0) is 24.7 Å². The van der Waals surface area contributed by atoms with E-state index < -0.39 is 56.0 Å². The van der Waals surface area contributed by atoms with Crippen LogP contribution >= 0.6 is 0 Å². The molecular formula is C14H19NO9S2. The van der Waals surface area contributed by atoms with Gasteiger partial charge in [0.2, 0.25) is 10.0 Å². The number of carboxylic acid groups (broad SMARTS) is 1. The van der Waals surface area contributed by atoms with Crippen molar-refractivity contribution >= 4 is 25.8 Å². The second-order valence-corrected chi connectivity index (χ2v) is 9.69. The Labute approximate surface area is 150 Å². The predicted octanol–water partition coefficient (Wildman–Crippen LogP) is -1.06.